The first kappa shape index (κ1) is 15.0. The summed E-state index contributed by atoms with van der Waals surface area (Å²) in [5.41, 5.74) is 1.19. The Hall–Kier alpha value is -2.04. The van der Waals surface area contributed by atoms with Crippen LogP contribution in [0, 0.1) is 12.8 Å². The fourth-order valence-corrected chi connectivity index (χ4v) is 1.74. The molecule has 5 heteroatoms. The molecule has 0 aliphatic heterocycles. The van der Waals surface area contributed by atoms with Crippen molar-refractivity contribution >= 4 is 11.8 Å². The van der Waals surface area contributed by atoms with Crippen LogP contribution in [0.5, 0.6) is 11.5 Å². The molecule has 0 amide bonds. The smallest absolute Gasteiger partial charge is 0.306 e. The summed E-state index contributed by atoms with van der Waals surface area (Å²) in [6.45, 7) is 3.34. The minimum atomic E-state index is -0.994. The van der Waals surface area contributed by atoms with Crippen LogP contribution in [0.3, 0.4) is 0 Å². The predicted octanol–water partition coefficient (Wildman–Crippen LogP) is 2.31. The molecular formula is C14H18O5. The molecule has 0 fully saturated rings. The summed E-state index contributed by atoms with van der Waals surface area (Å²) in [6.07, 6.45) is -0.0715. The summed E-state index contributed by atoms with van der Waals surface area (Å²) in [7, 11) is 2.99. The van der Waals surface area contributed by atoms with Crippen LogP contribution in [-0.4, -0.2) is 31.1 Å². The Kier molecular flexibility index (Phi) is 4.92. The van der Waals surface area contributed by atoms with Gasteiger partial charge in [-0.1, -0.05) is 6.92 Å². The molecule has 0 radical (unpaired) electrons. The quantitative estimate of drug-likeness (QED) is 0.800. The number of benzene rings is 1. The van der Waals surface area contributed by atoms with Crippen LogP contribution in [0.25, 0.3) is 0 Å². The topological polar surface area (TPSA) is 72.8 Å². The van der Waals surface area contributed by atoms with Crippen molar-refractivity contribution in [3.8, 4) is 11.5 Å². The monoisotopic (exact) mass is 266 g/mol. The number of rotatable bonds is 6. The number of methoxy groups -OCH3 is 2. The van der Waals surface area contributed by atoms with E-state index in [0.717, 1.165) is 5.56 Å². The van der Waals surface area contributed by atoms with Gasteiger partial charge in [-0.15, -0.1) is 0 Å². The summed E-state index contributed by atoms with van der Waals surface area (Å²) in [5.74, 6) is -0.992. The lowest BCUT2D eigenvalue weighted by atomic mass is 9.98. The minimum Gasteiger partial charge on any atom is -0.496 e. The number of carboxylic acid groups (broad SMARTS) is 1. The molecule has 0 spiro atoms. The second-order valence-corrected chi connectivity index (χ2v) is 4.39. The Bertz CT molecular complexity index is 493. The van der Waals surface area contributed by atoms with Gasteiger partial charge in [-0.05, 0) is 24.6 Å². The van der Waals surface area contributed by atoms with Crippen molar-refractivity contribution in [1.29, 1.82) is 0 Å². The first-order valence-corrected chi connectivity index (χ1v) is 5.89. The second kappa shape index (κ2) is 6.22. The molecule has 19 heavy (non-hydrogen) atoms. The van der Waals surface area contributed by atoms with E-state index in [0.29, 0.717) is 17.1 Å². The molecule has 0 aromatic heterocycles. The van der Waals surface area contributed by atoms with E-state index in [-0.39, 0.29) is 12.2 Å². The van der Waals surface area contributed by atoms with E-state index in [1.165, 1.54) is 21.1 Å². The number of aryl methyl sites for hydroxylation is 1. The summed E-state index contributed by atoms with van der Waals surface area (Å²) >= 11 is 0. The number of ketones is 1. The molecule has 0 aliphatic carbocycles. The highest BCUT2D eigenvalue weighted by Crippen LogP contribution is 2.29. The van der Waals surface area contributed by atoms with E-state index >= 15 is 0 Å². The third-order valence-corrected chi connectivity index (χ3v) is 2.93. The van der Waals surface area contributed by atoms with Gasteiger partial charge in [-0.2, -0.15) is 0 Å². The van der Waals surface area contributed by atoms with Crippen LogP contribution >= 0.6 is 0 Å². The molecule has 5 nitrogen and oxygen atoms in total. The number of Topliss-reactive ketones (excluding diaryl/α,β-unsaturated/α-hetero) is 1. The Morgan fingerprint density at radius 1 is 1.21 bits per heavy atom. The van der Waals surface area contributed by atoms with Gasteiger partial charge in [0.1, 0.15) is 11.5 Å². The van der Waals surface area contributed by atoms with Gasteiger partial charge in [0.2, 0.25) is 0 Å². The van der Waals surface area contributed by atoms with Gasteiger partial charge in [0.25, 0.3) is 0 Å². The summed E-state index contributed by atoms with van der Waals surface area (Å²) in [4.78, 5) is 22.9. The van der Waals surface area contributed by atoms with Crippen LogP contribution in [0.15, 0.2) is 12.1 Å². The molecule has 1 atom stereocenters. The second-order valence-electron chi connectivity index (χ2n) is 4.39. The van der Waals surface area contributed by atoms with E-state index in [1.807, 2.05) is 6.92 Å². The highest BCUT2D eigenvalue weighted by Gasteiger charge is 2.21. The lowest BCUT2D eigenvalue weighted by Crippen LogP contribution is -2.15. The fraction of sp³-hybridized carbons (Fsp3) is 0.429. The van der Waals surface area contributed by atoms with Gasteiger partial charge < -0.3 is 14.6 Å². The molecular weight excluding hydrogens is 248 g/mol. The fourth-order valence-electron chi connectivity index (χ4n) is 1.74. The molecule has 0 saturated heterocycles. The van der Waals surface area contributed by atoms with Crippen molar-refractivity contribution < 1.29 is 24.2 Å². The largest absolute Gasteiger partial charge is 0.496 e. The Morgan fingerprint density at radius 3 is 2.26 bits per heavy atom. The molecule has 1 aromatic rings. The molecule has 1 N–H and O–H groups in total. The maximum Gasteiger partial charge on any atom is 0.306 e. The number of carbonyl (C=O) groups is 2. The maximum atomic E-state index is 12.1. The number of hydrogen-bond donors (Lipinski definition) is 1. The SMILES string of the molecule is COc1cc(C(=O)CC(C)C(=O)O)c(OC)cc1C. The third kappa shape index (κ3) is 3.47. The summed E-state index contributed by atoms with van der Waals surface area (Å²) in [6, 6.07) is 3.29. The van der Waals surface area contributed by atoms with Gasteiger partial charge in [0.05, 0.1) is 25.7 Å². The van der Waals surface area contributed by atoms with Crippen molar-refractivity contribution in [3.63, 3.8) is 0 Å². The third-order valence-electron chi connectivity index (χ3n) is 2.93. The zero-order valence-electron chi connectivity index (χ0n) is 11.5. The Morgan fingerprint density at radius 2 is 1.79 bits per heavy atom. The van der Waals surface area contributed by atoms with E-state index in [2.05, 4.69) is 0 Å². The van der Waals surface area contributed by atoms with Gasteiger partial charge >= 0.3 is 5.97 Å². The Balaban J connectivity index is 3.10. The lowest BCUT2D eigenvalue weighted by molar-refractivity contribution is -0.141. The number of carboxylic acids is 1. The molecule has 0 bridgehead atoms. The molecule has 1 aromatic carbocycles. The van der Waals surface area contributed by atoms with Crippen molar-refractivity contribution in [2.24, 2.45) is 5.92 Å². The van der Waals surface area contributed by atoms with Crippen molar-refractivity contribution in [1.82, 2.24) is 0 Å². The zero-order valence-corrected chi connectivity index (χ0v) is 11.5. The lowest BCUT2D eigenvalue weighted by Gasteiger charge is -2.13. The highest BCUT2D eigenvalue weighted by molar-refractivity contribution is 6.00. The molecule has 0 saturated carbocycles. The molecule has 0 heterocycles. The molecule has 1 unspecified atom stereocenters. The summed E-state index contributed by atoms with van der Waals surface area (Å²) < 4.78 is 10.3. The van der Waals surface area contributed by atoms with E-state index < -0.39 is 11.9 Å². The first-order valence-electron chi connectivity index (χ1n) is 5.89. The predicted molar refractivity (Wildman–Crippen MR) is 70.0 cm³/mol. The maximum absolute atomic E-state index is 12.1. The van der Waals surface area contributed by atoms with Crippen molar-refractivity contribution in [2.45, 2.75) is 20.3 Å². The van der Waals surface area contributed by atoms with Crippen LogP contribution in [-0.2, 0) is 4.79 Å². The van der Waals surface area contributed by atoms with Gasteiger partial charge in [0.15, 0.2) is 5.78 Å². The molecule has 0 aliphatic rings. The number of hydrogen-bond acceptors (Lipinski definition) is 4. The van der Waals surface area contributed by atoms with Crippen molar-refractivity contribution in [3.05, 3.63) is 23.3 Å². The first-order chi connectivity index (χ1) is 8.90. The molecule has 1 rings (SSSR count). The number of ether oxygens (including phenoxy) is 2. The minimum absolute atomic E-state index is 0.0715. The Labute approximate surface area is 112 Å². The average molecular weight is 266 g/mol. The van der Waals surface area contributed by atoms with Crippen molar-refractivity contribution in [2.75, 3.05) is 14.2 Å². The van der Waals surface area contributed by atoms with E-state index in [9.17, 15) is 9.59 Å². The van der Waals surface area contributed by atoms with E-state index in [4.69, 9.17) is 14.6 Å². The standard InChI is InChI=1S/C14H18O5/c1-8-6-13(19-4)10(7-12(8)18-3)11(15)5-9(2)14(16)17/h6-7,9H,5H2,1-4H3,(H,16,17). The summed E-state index contributed by atoms with van der Waals surface area (Å²) in [5, 5.41) is 8.84. The highest BCUT2D eigenvalue weighted by atomic mass is 16.5. The van der Waals surface area contributed by atoms with Gasteiger partial charge in [-0.3, -0.25) is 9.59 Å². The van der Waals surface area contributed by atoms with Crippen LogP contribution in [0.1, 0.15) is 29.3 Å². The van der Waals surface area contributed by atoms with E-state index in [1.54, 1.807) is 12.1 Å². The average Bonchev–Trinajstić information content (AvgIpc) is 2.37. The van der Waals surface area contributed by atoms with Crippen LogP contribution in [0.4, 0.5) is 0 Å². The van der Waals surface area contributed by atoms with Crippen LogP contribution < -0.4 is 9.47 Å². The number of carbonyl (C=O) groups excluding carboxylic acids is 1. The normalized spacial score (nSPS) is 11.8. The zero-order chi connectivity index (χ0) is 14.6. The van der Waals surface area contributed by atoms with Gasteiger partial charge in [0, 0.05) is 6.42 Å². The molecule has 104 valence electrons. The van der Waals surface area contributed by atoms with Crippen LogP contribution in [0.2, 0.25) is 0 Å². The van der Waals surface area contributed by atoms with Gasteiger partial charge in [-0.25, -0.2) is 0 Å². The number of aliphatic carboxylic acids is 1.